The van der Waals surface area contributed by atoms with Gasteiger partial charge in [0.15, 0.2) is 5.82 Å². The Labute approximate surface area is 229 Å². The molecule has 1 saturated heterocycles. The molecule has 1 aliphatic rings. The van der Waals surface area contributed by atoms with E-state index < -0.39 is 39.1 Å². The van der Waals surface area contributed by atoms with Crippen LogP contribution in [-0.4, -0.2) is 49.0 Å². The number of carbonyl (C=O) groups excluding carboxylic acids is 2. The Morgan fingerprint density at radius 1 is 1.17 bits per heavy atom. The van der Waals surface area contributed by atoms with Gasteiger partial charge in [0.25, 0.3) is 11.8 Å². The number of hydrogen-bond donors (Lipinski definition) is 2. The molecule has 1 fully saturated rings. The van der Waals surface area contributed by atoms with Crippen molar-refractivity contribution >= 4 is 38.6 Å². The number of amides is 2. The van der Waals surface area contributed by atoms with Gasteiger partial charge in [-0.2, -0.15) is 0 Å². The van der Waals surface area contributed by atoms with Gasteiger partial charge in [0.1, 0.15) is 11.5 Å². The Hall–Kier alpha value is -2.80. The van der Waals surface area contributed by atoms with Crippen LogP contribution in [0.2, 0.25) is 0 Å². The van der Waals surface area contributed by atoms with Gasteiger partial charge in [0.2, 0.25) is 10.0 Å². The van der Waals surface area contributed by atoms with Crippen LogP contribution in [0.3, 0.4) is 0 Å². The Kier molecular flexibility index (Phi) is 8.88. The van der Waals surface area contributed by atoms with Crippen LogP contribution in [0.15, 0.2) is 36.5 Å². The van der Waals surface area contributed by atoms with E-state index in [4.69, 9.17) is 0 Å². The SMILES string of the molecule is CCNC(=O)c1cc(F)ccc1CNC(=O)c1nc(N2CCCCS2(=O)=O)c2cccnc2c1[O-].[Na+]. The number of anilines is 1. The second-order valence-electron chi connectivity index (χ2n) is 7.95. The Balaban J connectivity index is 0.00000361. The minimum absolute atomic E-state index is 0. The average Bonchev–Trinajstić information content (AvgIpc) is 2.84. The summed E-state index contributed by atoms with van der Waals surface area (Å²) in [5.41, 5.74) is -0.222. The summed E-state index contributed by atoms with van der Waals surface area (Å²) >= 11 is 0. The molecule has 3 heterocycles. The molecule has 0 atom stereocenters. The molecule has 13 heteroatoms. The molecule has 36 heavy (non-hydrogen) atoms. The van der Waals surface area contributed by atoms with E-state index in [-0.39, 0.29) is 70.7 Å². The first kappa shape index (κ1) is 27.8. The van der Waals surface area contributed by atoms with E-state index >= 15 is 0 Å². The normalized spacial score (nSPS) is 14.7. The summed E-state index contributed by atoms with van der Waals surface area (Å²) in [5, 5.41) is 18.4. The molecule has 0 unspecified atom stereocenters. The molecule has 0 bridgehead atoms. The standard InChI is InChI=1S/C23H24FN5O5S.Na/c1-2-25-22(31)17-12-15(24)8-7-14(17)13-27-23(32)19-20(30)18-16(6-5-9-26-18)21(28-19)29-10-3-4-11-35(29,33)34;/h5-9,12,30H,2-4,10-11,13H2,1H3,(H,25,31)(H,27,32);/q;+1/p-1. The van der Waals surface area contributed by atoms with Gasteiger partial charge in [-0.05, 0) is 55.3 Å². The zero-order valence-corrected chi connectivity index (χ0v) is 22.7. The van der Waals surface area contributed by atoms with Gasteiger partial charge >= 0.3 is 29.6 Å². The van der Waals surface area contributed by atoms with Gasteiger partial charge in [-0.1, -0.05) is 6.07 Å². The first-order valence-electron chi connectivity index (χ1n) is 11.0. The van der Waals surface area contributed by atoms with Gasteiger partial charge in [-0.25, -0.2) is 17.8 Å². The van der Waals surface area contributed by atoms with E-state index in [0.29, 0.717) is 24.9 Å². The third kappa shape index (κ3) is 5.61. The molecule has 3 aromatic rings. The molecule has 4 rings (SSSR count). The zero-order chi connectivity index (χ0) is 25.2. The van der Waals surface area contributed by atoms with Crippen molar-refractivity contribution in [1.29, 1.82) is 0 Å². The van der Waals surface area contributed by atoms with Crippen molar-refractivity contribution in [3.8, 4) is 5.75 Å². The van der Waals surface area contributed by atoms with Crippen LogP contribution >= 0.6 is 0 Å². The van der Waals surface area contributed by atoms with Crippen molar-refractivity contribution in [2.75, 3.05) is 23.1 Å². The Morgan fingerprint density at radius 3 is 2.67 bits per heavy atom. The van der Waals surface area contributed by atoms with E-state index in [1.807, 2.05) is 0 Å². The topological polar surface area (TPSA) is 144 Å². The summed E-state index contributed by atoms with van der Waals surface area (Å²) < 4.78 is 40.2. The van der Waals surface area contributed by atoms with Gasteiger partial charge in [0, 0.05) is 36.8 Å². The summed E-state index contributed by atoms with van der Waals surface area (Å²) in [7, 11) is -3.67. The number of aromatic nitrogens is 2. The Morgan fingerprint density at radius 2 is 1.94 bits per heavy atom. The van der Waals surface area contributed by atoms with Crippen molar-refractivity contribution < 1.29 is 57.1 Å². The number of rotatable bonds is 6. The maximum atomic E-state index is 13.7. The fourth-order valence-corrected chi connectivity index (χ4v) is 5.49. The largest absolute Gasteiger partial charge is 1.00 e. The van der Waals surface area contributed by atoms with Crippen molar-refractivity contribution in [2.45, 2.75) is 26.3 Å². The summed E-state index contributed by atoms with van der Waals surface area (Å²) in [6.07, 6.45) is 2.49. The molecule has 2 N–H and O–H groups in total. The van der Waals surface area contributed by atoms with Crippen LogP contribution in [0, 0.1) is 5.82 Å². The third-order valence-corrected chi connectivity index (χ3v) is 7.42. The predicted molar refractivity (Wildman–Crippen MR) is 125 cm³/mol. The minimum atomic E-state index is -3.67. The fraction of sp³-hybridized carbons (Fsp3) is 0.304. The molecule has 0 aliphatic carbocycles. The van der Waals surface area contributed by atoms with Crippen LogP contribution in [0.4, 0.5) is 10.2 Å². The quantitative estimate of drug-likeness (QED) is 0.373. The minimum Gasteiger partial charge on any atom is -0.869 e. The molecular formula is C23H23FN5NaO5S. The number of pyridine rings is 2. The Bertz CT molecular complexity index is 1420. The number of hydrogen-bond acceptors (Lipinski definition) is 7. The second kappa shape index (κ2) is 11.5. The third-order valence-electron chi connectivity index (χ3n) is 5.59. The van der Waals surface area contributed by atoms with Gasteiger partial charge in [-0.3, -0.25) is 18.9 Å². The van der Waals surface area contributed by atoms with Gasteiger partial charge < -0.3 is 15.7 Å². The number of nitrogens with one attached hydrogen (secondary N) is 2. The molecule has 10 nitrogen and oxygen atoms in total. The number of halogens is 1. The van der Waals surface area contributed by atoms with Crippen LogP contribution in [-0.2, 0) is 16.6 Å². The average molecular weight is 524 g/mol. The zero-order valence-electron chi connectivity index (χ0n) is 19.9. The van der Waals surface area contributed by atoms with Crippen molar-refractivity contribution in [1.82, 2.24) is 20.6 Å². The molecule has 0 saturated carbocycles. The van der Waals surface area contributed by atoms with Crippen molar-refractivity contribution in [3.63, 3.8) is 0 Å². The second-order valence-corrected chi connectivity index (χ2v) is 9.96. The van der Waals surface area contributed by atoms with Crippen LogP contribution in [0.5, 0.6) is 5.75 Å². The van der Waals surface area contributed by atoms with Gasteiger partial charge in [-0.15, -0.1) is 0 Å². The number of nitrogens with zero attached hydrogens (tertiary/aromatic N) is 3. The van der Waals surface area contributed by atoms with Crippen LogP contribution in [0.25, 0.3) is 10.9 Å². The van der Waals surface area contributed by atoms with E-state index in [1.54, 1.807) is 13.0 Å². The number of benzene rings is 1. The molecule has 2 amide bonds. The molecule has 184 valence electrons. The summed E-state index contributed by atoms with van der Waals surface area (Å²) in [4.78, 5) is 33.5. The smallest absolute Gasteiger partial charge is 0.869 e. The fourth-order valence-electron chi connectivity index (χ4n) is 3.90. The van der Waals surface area contributed by atoms with Crippen molar-refractivity contribution in [3.05, 3.63) is 59.2 Å². The maximum absolute atomic E-state index is 13.7. The number of sulfonamides is 1. The van der Waals surface area contributed by atoms with Gasteiger partial charge in [0.05, 0.1) is 11.3 Å². The van der Waals surface area contributed by atoms with Crippen LogP contribution in [0.1, 0.15) is 46.2 Å². The molecular weight excluding hydrogens is 500 g/mol. The summed E-state index contributed by atoms with van der Waals surface area (Å²) in [6.45, 7) is 2.03. The van der Waals surface area contributed by atoms with E-state index in [0.717, 1.165) is 16.4 Å². The molecule has 1 aromatic carbocycles. The maximum Gasteiger partial charge on any atom is 1.00 e. The predicted octanol–water partition coefficient (Wildman–Crippen LogP) is -1.54. The first-order chi connectivity index (χ1) is 16.7. The molecule has 1 aliphatic heterocycles. The van der Waals surface area contributed by atoms with E-state index in [9.17, 15) is 27.5 Å². The first-order valence-corrected chi connectivity index (χ1v) is 12.6. The molecule has 2 aromatic heterocycles. The van der Waals surface area contributed by atoms with Crippen LogP contribution < -0.4 is 49.6 Å². The molecule has 0 radical (unpaired) electrons. The summed E-state index contributed by atoms with van der Waals surface area (Å²) in [6, 6.07) is 6.67. The summed E-state index contributed by atoms with van der Waals surface area (Å²) in [5.74, 6) is -2.83. The number of carbonyl (C=O) groups is 2. The van der Waals surface area contributed by atoms with Crippen molar-refractivity contribution in [2.24, 2.45) is 0 Å². The molecule has 0 spiro atoms. The monoisotopic (exact) mass is 523 g/mol. The van der Waals surface area contributed by atoms with E-state index in [1.165, 1.54) is 18.3 Å². The van der Waals surface area contributed by atoms with E-state index in [2.05, 4.69) is 20.6 Å². The number of fused-ring (bicyclic) bond motifs is 1.